The third-order valence-electron chi connectivity index (χ3n) is 6.42. The molecule has 1 aromatic rings. The second-order valence-corrected chi connectivity index (χ2v) is 10.5. The minimum absolute atomic E-state index is 0.122. The van der Waals surface area contributed by atoms with E-state index < -0.39 is 20.6 Å². The first-order chi connectivity index (χ1) is 14.4. The van der Waals surface area contributed by atoms with Gasteiger partial charge in [-0.05, 0) is 50.2 Å². The first kappa shape index (κ1) is 23.3. The number of aromatic nitrogens is 1. The first-order valence-electron chi connectivity index (χ1n) is 10.9. The Morgan fingerprint density at radius 1 is 1.30 bits per heavy atom. The summed E-state index contributed by atoms with van der Waals surface area (Å²) < 4.78 is 32.2. The van der Waals surface area contributed by atoms with Crippen LogP contribution in [-0.2, 0) is 26.0 Å². The van der Waals surface area contributed by atoms with Gasteiger partial charge in [0.05, 0.1) is 6.54 Å². The lowest BCUT2D eigenvalue weighted by Gasteiger charge is -2.41. The number of hydroxylamine groups is 1. The topological polar surface area (TPSA) is 109 Å². The molecule has 2 saturated heterocycles. The zero-order valence-corrected chi connectivity index (χ0v) is 18.5. The van der Waals surface area contributed by atoms with E-state index in [4.69, 9.17) is 9.94 Å². The number of carbonyl (C=O) groups excluding carboxylic acids is 1. The molecule has 3 rings (SSSR count). The van der Waals surface area contributed by atoms with Gasteiger partial charge in [-0.25, -0.2) is 12.7 Å². The van der Waals surface area contributed by atoms with E-state index >= 15 is 0 Å². The van der Waals surface area contributed by atoms with E-state index in [1.807, 2.05) is 11.7 Å². The Labute approximate surface area is 179 Å². The molecule has 0 aromatic carbocycles. The molecule has 2 N–H and O–H groups in total. The molecule has 0 aliphatic carbocycles. The fraction of sp³-hybridized carbons (Fsp3) is 0.714. The Hall–Kier alpha value is -1.39. The average Bonchev–Trinajstić information content (AvgIpc) is 2.78. The number of Topliss-reactive ketones (excluding diaryl/α,β-unsaturated/α-hetero) is 1. The predicted molar refractivity (Wildman–Crippen MR) is 113 cm³/mol. The molecule has 0 amide bonds. The maximum Gasteiger partial charge on any atom is 0.227 e. The molecule has 168 valence electrons. The van der Waals surface area contributed by atoms with Crippen LogP contribution in [0.2, 0.25) is 0 Å². The molecular formula is C21H33N3O5S. The molecule has 2 aliphatic heterocycles. The second-order valence-electron chi connectivity index (χ2n) is 8.24. The molecule has 2 aliphatic rings. The lowest BCUT2D eigenvalue weighted by Crippen LogP contribution is -2.59. The number of nitrogens with one attached hydrogen (secondary N) is 1. The first-order valence-corrected chi connectivity index (χ1v) is 12.3. The minimum Gasteiger partial charge on any atom is -0.381 e. The Kier molecular flexibility index (Phi) is 7.98. The van der Waals surface area contributed by atoms with Gasteiger partial charge < -0.3 is 9.94 Å². The maximum absolute atomic E-state index is 13.5. The van der Waals surface area contributed by atoms with Crippen LogP contribution in [0.4, 0.5) is 0 Å². The largest absolute Gasteiger partial charge is 0.381 e. The van der Waals surface area contributed by atoms with Crippen molar-refractivity contribution in [1.82, 2.24) is 14.8 Å². The van der Waals surface area contributed by atoms with Gasteiger partial charge in [-0.15, -0.1) is 0 Å². The Morgan fingerprint density at radius 2 is 2.00 bits per heavy atom. The number of unbranched alkanes of at least 4 members (excludes halogenated alkanes) is 1. The highest BCUT2D eigenvalue weighted by Gasteiger charge is 2.53. The third-order valence-corrected chi connectivity index (χ3v) is 9.09. The lowest BCUT2D eigenvalue weighted by molar-refractivity contribution is -0.124. The van der Waals surface area contributed by atoms with Crippen LogP contribution in [0.1, 0.15) is 62.6 Å². The summed E-state index contributed by atoms with van der Waals surface area (Å²) >= 11 is 0. The zero-order chi connectivity index (χ0) is 21.6. The van der Waals surface area contributed by atoms with E-state index in [2.05, 4.69) is 24.0 Å². The summed E-state index contributed by atoms with van der Waals surface area (Å²) in [6, 6.07) is 4.19. The molecule has 2 fully saturated rings. The number of rotatable bonds is 9. The SMILES string of the molecule is CCCCc1ccc(C2CCN(S(=O)(=O)C3(C(=O)CNO)CCOCC3)CC2)nc1. The molecule has 1 aromatic heterocycles. The van der Waals surface area contributed by atoms with Crippen molar-refractivity contribution in [2.24, 2.45) is 0 Å². The molecule has 0 unspecified atom stereocenters. The summed E-state index contributed by atoms with van der Waals surface area (Å²) in [5.41, 5.74) is 4.07. The number of carbonyl (C=O) groups is 1. The highest BCUT2D eigenvalue weighted by molar-refractivity contribution is 7.91. The molecule has 0 spiro atoms. The van der Waals surface area contributed by atoms with Gasteiger partial charge in [-0.1, -0.05) is 19.4 Å². The number of piperidine rings is 1. The fourth-order valence-corrected chi connectivity index (χ4v) is 6.69. The summed E-state index contributed by atoms with van der Waals surface area (Å²) in [7, 11) is -3.86. The van der Waals surface area contributed by atoms with Crippen LogP contribution in [0.25, 0.3) is 0 Å². The molecule has 30 heavy (non-hydrogen) atoms. The molecule has 0 atom stereocenters. The number of ether oxygens (including phenoxy) is 1. The van der Waals surface area contributed by atoms with Gasteiger partial charge in [-0.3, -0.25) is 9.78 Å². The van der Waals surface area contributed by atoms with Crippen LogP contribution in [0.3, 0.4) is 0 Å². The summed E-state index contributed by atoms with van der Waals surface area (Å²) in [6.07, 6.45) is 6.87. The Bertz CT molecular complexity index is 798. The van der Waals surface area contributed by atoms with Gasteiger partial charge in [0.1, 0.15) is 0 Å². The average molecular weight is 440 g/mol. The van der Waals surface area contributed by atoms with Gasteiger partial charge >= 0.3 is 0 Å². The summed E-state index contributed by atoms with van der Waals surface area (Å²) in [4.78, 5) is 17.3. The predicted octanol–water partition coefficient (Wildman–Crippen LogP) is 2.03. The van der Waals surface area contributed by atoms with Crippen LogP contribution in [0.15, 0.2) is 18.3 Å². The number of nitrogens with zero attached hydrogens (tertiary/aromatic N) is 2. The third kappa shape index (κ3) is 4.75. The monoisotopic (exact) mass is 439 g/mol. The van der Waals surface area contributed by atoms with Crippen LogP contribution < -0.4 is 5.48 Å². The number of aryl methyl sites for hydroxylation is 1. The fourth-order valence-electron chi connectivity index (χ4n) is 4.46. The summed E-state index contributed by atoms with van der Waals surface area (Å²) in [6.45, 7) is 2.97. The molecule has 3 heterocycles. The number of pyridine rings is 1. The van der Waals surface area contributed by atoms with Crippen LogP contribution in [0, 0.1) is 0 Å². The Morgan fingerprint density at radius 3 is 2.57 bits per heavy atom. The molecular weight excluding hydrogens is 406 g/mol. The van der Waals surface area contributed by atoms with Gasteiger partial charge in [0.2, 0.25) is 10.0 Å². The minimum atomic E-state index is -3.86. The van der Waals surface area contributed by atoms with Gasteiger partial charge in [0, 0.05) is 44.1 Å². The van der Waals surface area contributed by atoms with Crippen molar-refractivity contribution in [3.05, 3.63) is 29.6 Å². The van der Waals surface area contributed by atoms with Crippen molar-refractivity contribution >= 4 is 15.8 Å². The lowest BCUT2D eigenvalue weighted by atomic mass is 9.93. The van der Waals surface area contributed by atoms with Crippen molar-refractivity contribution in [2.45, 2.75) is 62.5 Å². The highest BCUT2D eigenvalue weighted by atomic mass is 32.2. The number of sulfonamides is 1. The molecule has 0 radical (unpaired) electrons. The second kappa shape index (κ2) is 10.3. The summed E-state index contributed by atoms with van der Waals surface area (Å²) in [5, 5.41) is 8.97. The van der Waals surface area contributed by atoms with Crippen LogP contribution in [-0.4, -0.2) is 66.3 Å². The van der Waals surface area contributed by atoms with Crippen molar-refractivity contribution in [3.63, 3.8) is 0 Å². The van der Waals surface area contributed by atoms with Crippen molar-refractivity contribution in [3.8, 4) is 0 Å². The van der Waals surface area contributed by atoms with Crippen molar-refractivity contribution in [1.29, 1.82) is 0 Å². The van der Waals surface area contributed by atoms with Gasteiger partial charge in [0.25, 0.3) is 0 Å². The molecule has 9 heteroatoms. The number of hydrogen-bond donors (Lipinski definition) is 2. The van der Waals surface area contributed by atoms with Crippen LogP contribution >= 0.6 is 0 Å². The molecule has 0 bridgehead atoms. The van der Waals surface area contributed by atoms with Gasteiger partial charge in [0.15, 0.2) is 10.5 Å². The van der Waals surface area contributed by atoms with E-state index in [0.29, 0.717) is 25.9 Å². The van der Waals surface area contributed by atoms with E-state index in [9.17, 15) is 13.2 Å². The zero-order valence-electron chi connectivity index (χ0n) is 17.7. The molecule has 0 saturated carbocycles. The van der Waals surface area contributed by atoms with E-state index in [1.54, 1.807) is 0 Å². The molecule has 8 nitrogen and oxygen atoms in total. The smallest absolute Gasteiger partial charge is 0.227 e. The summed E-state index contributed by atoms with van der Waals surface area (Å²) in [5.74, 6) is -0.281. The van der Waals surface area contributed by atoms with E-state index in [0.717, 1.165) is 25.0 Å². The quantitative estimate of drug-likeness (QED) is 0.567. The van der Waals surface area contributed by atoms with Gasteiger partial charge in [-0.2, -0.15) is 5.48 Å². The van der Waals surface area contributed by atoms with E-state index in [1.165, 1.54) is 9.87 Å². The Balaban J connectivity index is 1.68. The number of ketones is 1. The standard InChI is InChI=1S/C21H33N3O5S/c1-2-3-4-17-5-6-19(22-15-17)18-7-11-24(12-8-18)30(27,28)21(20(25)16-23-26)9-13-29-14-10-21/h5-6,15,18,23,26H,2-4,7-14,16H2,1H3. The normalized spacial score (nSPS) is 20.9. The van der Waals surface area contributed by atoms with E-state index in [-0.39, 0.29) is 38.5 Å². The highest BCUT2D eigenvalue weighted by Crippen LogP contribution is 2.37. The number of hydrogen-bond acceptors (Lipinski definition) is 7. The maximum atomic E-state index is 13.5. The van der Waals surface area contributed by atoms with Crippen molar-refractivity contribution < 1.29 is 23.2 Å². The van der Waals surface area contributed by atoms with Crippen LogP contribution in [0.5, 0.6) is 0 Å². The van der Waals surface area contributed by atoms with Crippen molar-refractivity contribution in [2.75, 3.05) is 32.8 Å².